The first-order valence-electron chi connectivity index (χ1n) is 5.77. The Balaban J connectivity index is 4.80. The summed E-state index contributed by atoms with van der Waals surface area (Å²) >= 11 is 0. The van der Waals surface area contributed by atoms with Gasteiger partial charge in [0.1, 0.15) is 9.84 Å². The van der Waals surface area contributed by atoms with Crippen LogP contribution in [-0.4, -0.2) is 64.7 Å². The zero-order valence-corrected chi connectivity index (χ0v) is 12.4. The summed E-state index contributed by atoms with van der Waals surface area (Å²) in [6.07, 6.45) is 1.25. The second-order valence-corrected chi connectivity index (χ2v) is 7.21. The van der Waals surface area contributed by atoms with E-state index in [0.717, 1.165) is 0 Å². The molecule has 0 aromatic heterocycles. The second-order valence-electron chi connectivity index (χ2n) is 4.95. The minimum Gasteiger partial charge on any atom is -0.383 e. The van der Waals surface area contributed by atoms with Crippen molar-refractivity contribution in [2.45, 2.75) is 19.4 Å². The Kier molecular flexibility index (Phi) is 6.61. The van der Waals surface area contributed by atoms with Crippen LogP contribution in [0.4, 0.5) is 0 Å². The van der Waals surface area contributed by atoms with Crippen LogP contribution in [0.5, 0.6) is 0 Å². The van der Waals surface area contributed by atoms with Crippen LogP contribution in [0.25, 0.3) is 0 Å². The lowest BCUT2D eigenvalue weighted by atomic mass is 9.85. The fourth-order valence-electron chi connectivity index (χ4n) is 1.94. The fourth-order valence-corrected chi connectivity index (χ4v) is 2.55. The van der Waals surface area contributed by atoms with Gasteiger partial charge in [0.25, 0.3) is 0 Å². The van der Waals surface area contributed by atoms with Gasteiger partial charge in [0.15, 0.2) is 0 Å². The number of sulfone groups is 1. The van der Waals surface area contributed by atoms with Crippen molar-refractivity contribution in [1.29, 1.82) is 0 Å². The SMILES string of the molecule is COCC(CN)(C(C)C)N(C)CCS(C)(=O)=O. The lowest BCUT2D eigenvalue weighted by Crippen LogP contribution is -2.59. The number of ether oxygens (including phenoxy) is 1. The van der Waals surface area contributed by atoms with Crippen LogP contribution in [0.15, 0.2) is 0 Å². The van der Waals surface area contributed by atoms with Crippen molar-refractivity contribution in [2.75, 3.05) is 45.9 Å². The molecule has 17 heavy (non-hydrogen) atoms. The molecule has 1 unspecified atom stereocenters. The van der Waals surface area contributed by atoms with Crippen LogP contribution < -0.4 is 5.73 Å². The first-order valence-corrected chi connectivity index (χ1v) is 7.83. The van der Waals surface area contributed by atoms with Crippen LogP contribution in [0.1, 0.15) is 13.8 Å². The molecule has 0 radical (unpaired) electrons. The van der Waals surface area contributed by atoms with E-state index in [1.54, 1.807) is 7.11 Å². The van der Waals surface area contributed by atoms with Gasteiger partial charge in [0.05, 0.1) is 17.9 Å². The second kappa shape index (κ2) is 6.68. The summed E-state index contributed by atoms with van der Waals surface area (Å²) in [5, 5.41) is 0. The molecule has 0 saturated carbocycles. The van der Waals surface area contributed by atoms with E-state index in [0.29, 0.717) is 19.7 Å². The maximum absolute atomic E-state index is 11.2. The van der Waals surface area contributed by atoms with Crippen LogP contribution in [0.2, 0.25) is 0 Å². The largest absolute Gasteiger partial charge is 0.383 e. The normalized spacial score (nSPS) is 16.5. The van der Waals surface area contributed by atoms with Crippen LogP contribution >= 0.6 is 0 Å². The van der Waals surface area contributed by atoms with Crippen LogP contribution in [-0.2, 0) is 14.6 Å². The van der Waals surface area contributed by atoms with Gasteiger partial charge in [-0.15, -0.1) is 0 Å². The highest BCUT2D eigenvalue weighted by Crippen LogP contribution is 2.23. The fraction of sp³-hybridized carbons (Fsp3) is 1.00. The predicted octanol–water partition coefficient (Wildman–Crippen LogP) is -0.0373. The lowest BCUT2D eigenvalue weighted by molar-refractivity contribution is 0.00231. The van der Waals surface area contributed by atoms with E-state index in [4.69, 9.17) is 10.5 Å². The first kappa shape index (κ1) is 16.8. The van der Waals surface area contributed by atoms with Crippen molar-refractivity contribution in [1.82, 2.24) is 4.90 Å². The molecule has 0 spiro atoms. The number of nitrogens with zero attached hydrogens (tertiary/aromatic N) is 1. The third-order valence-corrected chi connectivity index (χ3v) is 4.30. The van der Waals surface area contributed by atoms with E-state index < -0.39 is 9.84 Å². The van der Waals surface area contributed by atoms with Gasteiger partial charge in [-0.05, 0) is 13.0 Å². The third-order valence-electron chi connectivity index (χ3n) is 3.38. The van der Waals surface area contributed by atoms with Crippen LogP contribution in [0.3, 0.4) is 0 Å². The van der Waals surface area contributed by atoms with Crippen molar-refractivity contribution in [3.63, 3.8) is 0 Å². The molecule has 0 aliphatic heterocycles. The Morgan fingerprint density at radius 2 is 1.94 bits per heavy atom. The molecule has 0 rings (SSSR count). The summed E-state index contributed by atoms with van der Waals surface area (Å²) in [6.45, 7) is 5.56. The van der Waals surface area contributed by atoms with E-state index in [9.17, 15) is 8.42 Å². The molecule has 0 aromatic carbocycles. The third kappa shape index (κ3) is 4.91. The molecule has 6 heteroatoms. The lowest BCUT2D eigenvalue weighted by Gasteiger charge is -2.44. The number of hydrogen-bond acceptors (Lipinski definition) is 5. The number of likely N-dealkylation sites (N-methyl/N-ethyl adjacent to an activating group) is 1. The zero-order chi connectivity index (χ0) is 13.7. The van der Waals surface area contributed by atoms with E-state index in [1.165, 1.54) is 6.26 Å². The van der Waals surface area contributed by atoms with Gasteiger partial charge in [-0.1, -0.05) is 13.8 Å². The summed E-state index contributed by atoms with van der Waals surface area (Å²) in [4.78, 5) is 2.00. The van der Waals surface area contributed by atoms with Gasteiger partial charge in [0.2, 0.25) is 0 Å². The average Bonchev–Trinajstić information content (AvgIpc) is 2.21. The zero-order valence-electron chi connectivity index (χ0n) is 11.6. The smallest absolute Gasteiger partial charge is 0.148 e. The maximum Gasteiger partial charge on any atom is 0.148 e. The quantitative estimate of drug-likeness (QED) is 0.667. The molecular weight excluding hydrogens is 240 g/mol. The van der Waals surface area contributed by atoms with Crippen LogP contribution in [0, 0.1) is 5.92 Å². The number of nitrogens with two attached hydrogens (primary N) is 1. The van der Waals surface area contributed by atoms with Gasteiger partial charge >= 0.3 is 0 Å². The maximum atomic E-state index is 11.2. The van der Waals surface area contributed by atoms with Crippen molar-refractivity contribution in [3.05, 3.63) is 0 Å². The standard InChI is InChI=1S/C11H26N2O3S/c1-10(2)11(8-12,9-16-4)13(3)6-7-17(5,14)15/h10H,6-9,12H2,1-5H3. The Morgan fingerprint density at radius 3 is 2.24 bits per heavy atom. The molecule has 104 valence electrons. The predicted molar refractivity (Wildman–Crippen MR) is 70.8 cm³/mol. The Morgan fingerprint density at radius 1 is 1.41 bits per heavy atom. The summed E-state index contributed by atoms with van der Waals surface area (Å²) in [7, 11) is 0.584. The molecule has 0 aromatic rings. The van der Waals surface area contributed by atoms with E-state index in [2.05, 4.69) is 13.8 Å². The Hall–Kier alpha value is -0.170. The average molecular weight is 266 g/mol. The topological polar surface area (TPSA) is 72.6 Å². The molecule has 0 heterocycles. The minimum absolute atomic E-state index is 0.141. The number of methoxy groups -OCH3 is 1. The highest BCUT2D eigenvalue weighted by atomic mass is 32.2. The van der Waals surface area contributed by atoms with E-state index in [-0.39, 0.29) is 17.2 Å². The minimum atomic E-state index is -2.95. The Labute approximate surface area is 105 Å². The molecule has 0 aliphatic carbocycles. The van der Waals surface area contributed by atoms with Gasteiger partial charge < -0.3 is 10.5 Å². The highest BCUT2D eigenvalue weighted by molar-refractivity contribution is 7.90. The Bertz CT molecular complexity index is 317. The summed E-state index contributed by atoms with van der Waals surface area (Å²) in [5.41, 5.74) is 5.56. The number of hydrogen-bond donors (Lipinski definition) is 1. The molecular formula is C11H26N2O3S. The van der Waals surface area contributed by atoms with Crippen molar-refractivity contribution >= 4 is 9.84 Å². The van der Waals surface area contributed by atoms with Gasteiger partial charge in [0, 0.05) is 26.5 Å². The van der Waals surface area contributed by atoms with Crippen molar-refractivity contribution in [3.8, 4) is 0 Å². The van der Waals surface area contributed by atoms with E-state index in [1.807, 2.05) is 11.9 Å². The van der Waals surface area contributed by atoms with Crippen molar-refractivity contribution in [2.24, 2.45) is 11.7 Å². The monoisotopic (exact) mass is 266 g/mol. The number of rotatable bonds is 8. The van der Waals surface area contributed by atoms with Gasteiger partial charge in [-0.25, -0.2) is 8.42 Å². The molecule has 0 aliphatic rings. The van der Waals surface area contributed by atoms with Gasteiger partial charge in [-0.2, -0.15) is 0 Å². The van der Waals surface area contributed by atoms with Gasteiger partial charge in [-0.3, -0.25) is 4.90 Å². The molecule has 0 bridgehead atoms. The summed E-state index contributed by atoms with van der Waals surface area (Å²) in [5.74, 6) is 0.429. The molecule has 1 atom stereocenters. The molecule has 0 fully saturated rings. The molecule has 5 nitrogen and oxygen atoms in total. The highest BCUT2D eigenvalue weighted by Gasteiger charge is 2.36. The van der Waals surface area contributed by atoms with Crippen molar-refractivity contribution < 1.29 is 13.2 Å². The molecule has 0 amide bonds. The summed E-state index contributed by atoms with van der Waals surface area (Å²) < 4.78 is 27.6. The molecule has 0 saturated heterocycles. The summed E-state index contributed by atoms with van der Waals surface area (Å²) in [6, 6.07) is 0. The van der Waals surface area contributed by atoms with E-state index >= 15 is 0 Å². The first-order chi connectivity index (χ1) is 7.69. The molecule has 2 N–H and O–H groups in total.